The van der Waals surface area contributed by atoms with Crippen LogP contribution in [0.1, 0.15) is 156 Å². The van der Waals surface area contributed by atoms with Crippen molar-refractivity contribution in [2.75, 3.05) is 6.54 Å². The maximum atomic E-state index is 11.8. The van der Waals surface area contributed by atoms with Crippen LogP contribution in [0.15, 0.2) is 12.2 Å². The van der Waals surface area contributed by atoms with Crippen LogP contribution in [0, 0.1) is 0 Å². The number of hydrogen-bond acceptors (Lipinski definition) is 3. The van der Waals surface area contributed by atoms with Gasteiger partial charge in [-0.15, -0.1) is 0 Å². The first kappa shape index (κ1) is 38.1. The van der Waals surface area contributed by atoms with Crippen molar-refractivity contribution in [1.82, 2.24) is 0 Å². The van der Waals surface area contributed by atoms with Gasteiger partial charge in [0, 0.05) is 0 Å². The molecule has 0 aliphatic heterocycles. The summed E-state index contributed by atoms with van der Waals surface area (Å²) >= 11 is 0. The molecule has 0 rings (SSSR count). The van der Waals surface area contributed by atoms with E-state index in [1.807, 2.05) is 0 Å². The highest BCUT2D eigenvalue weighted by atomic mass is 16.4. The predicted octanol–water partition coefficient (Wildman–Crippen LogP) is 8.60. The van der Waals surface area contributed by atoms with Gasteiger partial charge in [0.15, 0.2) is 18.1 Å². The van der Waals surface area contributed by atoms with Crippen molar-refractivity contribution in [3.8, 4) is 0 Å². The molecular weight excluding hydrogens is 506 g/mol. The van der Waals surface area contributed by atoms with Gasteiger partial charge >= 0.3 is 17.9 Å². The Kier molecular flexibility index (Phi) is 22.7. The fourth-order valence-corrected chi connectivity index (χ4v) is 5.90. The number of carboxylic acids is 3. The first-order valence-electron chi connectivity index (χ1n) is 16.3. The van der Waals surface area contributed by atoms with Crippen LogP contribution in [-0.4, -0.2) is 62.4 Å². The molecular formula is C33H62NO6+. The highest BCUT2D eigenvalue weighted by Crippen LogP contribution is 2.27. The fourth-order valence-electron chi connectivity index (χ4n) is 5.90. The maximum absolute atomic E-state index is 11.8. The summed E-state index contributed by atoms with van der Waals surface area (Å²) in [4.78, 5) is 35.5. The molecule has 3 atom stereocenters. The Bertz CT molecular complexity index is 657. The number of carboxylic acid groups (broad SMARTS) is 3. The van der Waals surface area contributed by atoms with Gasteiger partial charge in [0.2, 0.25) is 0 Å². The molecule has 0 spiro atoms. The highest BCUT2D eigenvalue weighted by molar-refractivity contribution is 5.77. The zero-order valence-electron chi connectivity index (χ0n) is 26.2. The minimum Gasteiger partial charge on any atom is -0.477 e. The Balaban J connectivity index is 3.98. The average molecular weight is 569 g/mol. The summed E-state index contributed by atoms with van der Waals surface area (Å²) in [5.74, 6) is -3.51. The molecule has 0 saturated carbocycles. The lowest BCUT2D eigenvalue weighted by atomic mass is 9.99. The molecule has 0 aromatic rings. The summed E-state index contributed by atoms with van der Waals surface area (Å²) in [6.45, 7) is 6.77. The standard InChI is InChI=1S/C33H61NO6/c1-5-6-7-8-9-10-11-12-13-14-15-16-17-18-19-20-21-22-23-24-25-26-27-34(28(2)31(35)36,29(3)32(37)38)30(4)33(39)40/h11-12,28-30H,5-10,13-27H2,1-4H3,(H2-,35,36,37,38,39,40)/p+1/b12-11+. The van der Waals surface area contributed by atoms with Crippen LogP contribution in [0.5, 0.6) is 0 Å². The van der Waals surface area contributed by atoms with Gasteiger partial charge in [0.05, 0.1) is 6.54 Å². The van der Waals surface area contributed by atoms with Crippen molar-refractivity contribution in [3.63, 3.8) is 0 Å². The second kappa shape index (κ2) is 23.8. The van der Waals surface area contributed by atoms with Gasteiger partial charge < -0.3 is 15.3 Å². The Morgan fingerprint density at radius 1 is 0.500 bits per heavy atom. The van der Waals surface area contributed by atoms with Gasteiger partial charge in [-0.05, 0) is 59.3 Å². The van der Waals surface area contributed by atoms with Gasteiger partial charge in [-0.3, -0.25) is 4.48 Å². The molecule has 0 fully saturated rings. The van der Waals surface area contributed by atoms with Crippen LogP contribution >= 0.6 is 0 Å². The highest BCUT2D eigenvalue weighted by Gasteiger charge is 2.52. The molecule has 0 aromatic carbocycles. The number of carbonyl (C=O) groups is 3. The molecule has 3 N–H and O–H groups in total. The lowest BCUT2D eigenvalue weighted by molar-refractivity contribution is -0.968. The van der Waals surface area contributed by atoms with E-state index in [1.54, 1.807) is 0 Å². The summed E-state index contributed by atoms with van der Waals surface area (Å²) in [6, 6.07) is -3.36. The van der Waals surface area contributed by atoms with E-state index in [-0.39, 0.29) is 6.54 Å². The normalized spacial score (nSPS) is 15.5. The summed E-state index contributed by atoms with van der Waals surface area (Å²) in [5, 5.41) is 29.0. The second-order valence-electron chi connectivity index (χ2n) is 11.8. The molecule has 0 amide bonds. The molecule has 0 aliphatic rings. The predicted molar refractivity (Wildman–Crippen MR) is 164 cm³/mol. The van der Waals surface area contributed by atoms with E-state index in [0.717, 1.165) is 19.3 Å². The van der Waals surface area contributed by atoms with Gasteiger partial charge in [-0.25, -0.2) is 14.4 Å². The van der Waals surface area contributed by atoms with E-state index in [2.05, 4.69) is 19.1 Å². The topological polar surface area (TPSA) is 112 Å². The Labute approximate surface area is 245 Å². The molecule has 40 heavy (non-hydrogen) atoms. The van der Waals surface area contributed by atoms with Crippen molar-refractivity contribution in [2.24, 2.45) is 0 Å². The number of rotatable bonds is 28. The Morgan fingerprint density at radius 3 is 1.07 bits per heavy atom. The number of quaternary nitrogens is 1. The molecule has 0 radical (unpaired) electrons. The Hall–Kier alpha value is -1.89. The third-order valence-corrected chi connectivity index (χ3v) is 8.79. The van der Waals surface area contributed by atoms with E-state index < -0.39 is 40.5 Å². The minimum atomic E-state index is -1.17. The first-order valence-corrected chi connectivity index (χ1v) is 16.3. The van der Waals surface area contributed by atoms with Crippen LogP contribution in [0.25, 0.3) is 0 Å². The summed E-state index contributed by atoms with van der Waals surface area (Å²) in [7, 11) is 0. The number of nitrogens with zero attached hydrogens (tertiary/aromatic N) is 1. The van der Waals surface area contributed by atoms with Crippen molar-refractivity contribution >= 4 is 17.9 Å². The van der Waals surface area contributed by atoms with Crippen LogP contribution in [0.4, 0.5) is 0 Å². The van der Waals surface area contributed by atoms with E-state index in [0.29, 0.717) is 6.42 Å². The van der Waals surface area contributed by atoms with Crippen molar-refractivity contribution in [2.45, 2.75) is 174 Å². The largest absolute Gasteiger partial charge is 0.477 e. The third-order valence-electron chi connectivity index (χ3n) is 8.79. The molecule has 0 saturated heterocycles. The monoisotopic (exact) mass is 568 g/mol. The smallest absolute Gasteiger partial charge is 0.362 e. The molecule has 0 aliphatic carbocycles. The van der Waals surface area contributed by atoms with Crippen LogP contribution < -0.4 is 0 Å². The van der Waals surface area contributed by atoms with Gasteiger partial charge in [0.25, 0.3) is 0 Å². The number of hydrogen-bond donors (Lipinski definition) is 3. The van der Waals surface area contributed by atoms with Gasteiger partial charge in [0.1, 0.15) is 0 Å². The first-order chi connectivity index (χ1) is 19.1. The van der Waals surface area contributed by atoms with E-state index >= 15 is 0 Å². The fraction of sp³-hybridized carbons (Fsp3) is 0.848. The van der Waals surface area contributed by atoms with Gasteiger partial charge in [-0.1, -0.05) is 109 Å². The SMILES string of the molecule is CCCCCCC/C=C/CCCCCCCCCCCCCCC[N+](C(C)C(=O)O)(C(C)C(=O)O)C(C)C(=O)O. The molecule has 0 heterocycles. The summed E-state index contributed by atoms with van der Waals surface area (Å²) in [5.41, 5.74) is 0. The lowest BCUT2D eigenvalue weighted by Crippen LogP contribution is -2.70. The van der Waals surface area contributed by atoms with Crippen LogP contribution in [0.3, 0.4) is 0 Å². The third kappa shape index (κ3) is 15.8. The van der Waals surface area contributed by atoms with Gasteiger partial charge in [-0.2, -0.15) is 0 Å². The quantitative estimate of drug-likeness (QED) is 0.0495. The molecule has 0 aromatic heterocycles. The summed E-state index contributed by atoms with van der Waals surface area (Å²) < 4.78 is -0.476. The molecule has 234 valence electrons. The summed E-state index contributed by atoms with van der Waals surface area (Å²) in [6.07, 6.45) is 29.2. The number of allylic oxidation sites excluding steroid dienone is 2. The van der Waals surface area contributed by atoms with Crippen molar-refractivity contribution in [3.05, 3.63) is 12.2 Å². The van der Waals surface area contributed by atoms with Crippen LogP contribution in [0.2, 0.25) is 0 Å². The molecule has 0 bridgehead atoms. The van der Waals surface area contributed by atoms with Crippen molar-refractivity contribution in [1.29, 1.82) is 0 Å². The van der Waals surface area contributed by atoms with Crippen LogP contribution in [-0.2, 0) is 14.4 Å². The average Bonchev–Trinajstić information content (AvgIpc) is 2.92. The molecule has 3 unspecified atom stereocenters. The minimum absolute atomic E-state index is 0.226. The number of aliphatic carboxylic acids is 3. The zero-order chi connectivity index (χ0) is 30.2. The molecule has 7 heteroatoms. The van der Waals surface area contributed by atoms with Crippen molar-refractivity contribution < 1.29 is 34.2 Å². The lowest BCUT2D eigenvalue weighted by Gasteiger charge is -2.47. The Morgan fingerprint density at radius 2 is 0.775 bits per heavy atom. The number of unbranched alkanes of at least 4 members (excludes halogenated alkanes) is 18. The molecule has 7 nitrogen and oxygen atoms in total. The second-order valence-corrected chi connectivity index (χ2v) is 11.8. The van der Waals surface area contributed by atoms with E-state index in [9.17, 15) is 29.7 Å². The zero-order valence-corrected chi connectivity index (χ0v) is 26.2. The maximum Gasteiger partial charge on any atom is 0.362 e. The van der Waals surface area contributed by atoms with E-state index in [1.165, 1.54) is 124 Å². The van der Waals surface area contributed by atoms with E-state index in [4.69, 9.17) is 0 Å².